The van der Waals surface area contributed by atoms with E-state index in [0.29, 0.717) is 22.7 Å². The molecule has 53 heavy (non-hydrogen) atoms. The zero-order valence-corrected chi connectivity index (χ0v) is 31.5. The van der Waals surface area contributed by atoms with Gasteiger partial charge >= 0.3 is 0 Å². The van der Waals surface area contributed by atoms with Crippen LogP contribution in [-0.4, -0.2) is 78.1 Å². The fourth-order valence-electron chi connectivity index (χ4n) is 6.90. The van der Waals surface area contributed by atoms with Gasteiger partial charge in [0.15, 0.2) is 28.9 Å². The maximum atomic E-state index is 14.5. The van der Waals surface area contributed by atoms with Crippen molar-refractivity contribution in [2.24, 2.45) is 5.92 Å². The predicted octanol–water partition coefficient (Wildman–Crippen LogP) is 6.17. The number of nitrogens with zero attached hydrogens (tertiary/aromatic N) is 2. The van der Waals surface area contributed by atoms with Gasteiger partial charge in [-0.3, -0.25) is 19.5 Å². The molecule has 278 valence electrons. The number of hydrogen-bond acceptors (Lipinski definition) is 12. The molecule has 2 aliphatic rings. The minimum Gasteiger partial charge on any atom is -0.507 e. The summed E-state index contributed by atoms with van der Waals surface area (Å²) in [6.45, 7) is 1.82. The fourth-order valence-corrected chi connectivity index (χ4v) is 7.57. The Hall–Kier alpha value is -5.05. The number of carbonyl (C=O) groups is 3. The van der Waals surface area contributed by atoms with Crippen LogP contribution >= 0.6 is 23.4 Å². The second-order valence-corrected chi connectivity index (χ2v) is 13.9. The van der Waals surface area contributed by atoms with Crippen molar-refractivity contribution in [3.05, 3.63) is 99.3 Å². The van der Waals surface area contributed by atoms with Crippen molar-refractivity contribution in [3.8, 4) is 23.0 Å². The molecule has 1 amide bonds. The van der Waals surface area contributed by atoms with Crippen molar-refractivity contribution >= 4 is 40.8 Å². The number of nitrogens with one attached hydrogen (secondary N) is 2. The zero-order valence-electron chi connectivity index (χ0n) is 29.9. The molecule has 4 atom stereocenters. The predicted molar refractivity (Wildman–Crippen MR) is 196 cm³/mol. The molecule has 0 saturated heterocycles. The maximum Gasteiger partial charge on any atom is 0.231 e. The topological polar surface area (TPSA) is 171 Å². The largest absolute Gasteiger partial charge is 0.507 e. The number of ketones is 2. The van der Waals surface area contributed by atoms with Crippen LogP contribution < -0.4 is 24.3 Å². The first-order chi connectivity index (χ1) is 25.5. The van der Waals surface area contributed by atoms with Crippen LogP contribution in [0.4, 0.5) is 0 Å². The molecule has 15 heteroatoms. The van der Waals surface area contributed by atoms with Gasteiger partial charge in [-0.25, -0.2) is 4.98 Å². The Morgan fingerprint density at radius 1 is 1.06 bits per heavy atom. The zero-order chi connectivity index (χ0) is 38.0. The number of aliphatic hydroxyl groups is 1. The number of benzene rings is 3. The molecule has 2 heterocycles. The molecule has 4 unspecified atom stereocenters. The van der Waals surface area contributed by atoms with Crippen molar-refractivity contribution in [2.45, 2.75) is 48.8 Å². The molecule has 3 aromatic carbocycles. The van der Waals surface area contributed by atoms with Gasteiger partial charge in [0, 0.05) is 48.3 Å². The fraction of sp³-hybridized carbons (Fsp3) is 0.342. The number of carbonyl (C=O) groups excluding carboxylic acids is 3. The van der Waals surface area contributed by atoms with Gasteiger partial charge in [-0.2, -0.15) is 5.10 Å². The lowest BCUT2D eigenvalue weighted by Gasteiger charge is -2.38. The number of Topliss-reactive ketones (excluding diaryl/α,β-unsaturated/α-hetero) is 2. The summed E-state index contributed by atoms with van der Waals surface area (Å²) in [7, 11) is 5.88. The molecule has 1 aromatic heterocycles. The van der Waals surface area contributed by atoms with Crippen LogP contribution in [0.15, 0.2) is 70.8 Å². The van der Waals surface area contributed by atoms with E-state index < -0.39 is 46.7 Å². The van der Waals surface area contributed by atoms with Gasteiger partial charge < -0.3 is 34.1 Å². The van der Waals surface area contributed by atoms with E-state index in [-0.39, 0.29) is 58.7 Å². The van der Waals surface area contributed by atoms with Crippen LogP contribution in [-0.2, 0) is 20.9 Å². The Balaban J connectivity index is 1.44. The van der Waals surface area contributed by atoms with Crippen LogP contribution in [0.25, 0.3) is 0 Å². The summed E-state index contributed by atoms with van der Waals surface area (Å²) in [5.74, 6) is -2.27. The first kappa shape index (κ1) is 37.7. The first-order valence-electron chi connectivity index (χ1n) is 16.6. The number of amides is 1. The number of aliphatic hydroxyl groups excluding tert-OH is 1. The van der Waals surface area contributed by atoms with E-state index in [1.807, 2.05) is 18.4 Å². The number of halogens is 1. The highest BCUT2D eigenvalue weighted by molar-refractivity contribution is 7.98. The first-order valence-corrected chi connectivity index (χ1v) is 18.2. The van der Waals surface area contributed by atoms with Gasteiger partial charge in [0.1, 0.15) is 40.5 Å². The van der Waals surface area contributed by atoms with E-state index in [1.54, 1.807) is 50.4 Å². The van der Waals surface area contributed by atoms with E-state index in [2.05, 4.69) is 20.5 Å². The minimum absolute atomic E-state index is 0.0146. The number of fused-ring (bicyclic) bond motifs is 1. The molecular formula is C38H39ClN4O9S. The summed E-state index contributed by atoms with van der Waals surface area (Å²) >= 11 is 8.18. The summed E-state index contributed by atoms with van der Waals surface area (Å²) in [5, 5.41) is 22.5. The van der Waals surface area contributed by atoms with Crippen LogP contribution in [0.3, 0.4) is 0 Å². The van der Waals surface area contributed by atoms with E-state index in [1.165, 1.54) is 39.2 Å². The number of hydrogen-bond donors (Lipinski definition) is 3. The highest BCUT2D eigenvalue weighted by Gasteiger charge is 2.61. The molecule has 3 N–H and O–H groups in total. The second-order valence-electron chi connectivity index (χ2n) is 12.6. The molecule has 6 rings (SSSR count). The minimum atomic E-state index is -2.02. The molecule has 0 saturated carbocycles. The van der Waals surface area contributed by atoms with Crippen molar-refractivity contribution in [3.63, 3.8) is 0 Å². The lowest BCUT2D eigenvalue weighted by atomic mass is 9.69. The maximum absolute atomic E-state index is 14.5. The van der Waals surface area contributed by atoms with E-state index >= 15 is 0 Å². The monoisotopic (exact) mass is 762 g/mol. The quantitative estimate of drug-likeness (QED) is 0.133. The van der Waals surface area contributed by atoms with Gasteiger partial charge in [-0.15, -0.1) is 11.8 Å². The van der Waals surface area contributed by atoms with E-state index in [4.69, 9.17) is 35.3 Å². The summed E-state index contributed by atoms with van der Waals surface area (Å²) in [6, 6.07) is 15.1. The van der Waals surface area contributed by atoms with Gasteiger partial charge in [0.2, 0.25) is 17.3 Å². The summed E-state index contributed by atoms with van der Waals surface area (Å²) in [4.78, 5) is 48.3. The van der Waals surface area contributed by atoms with Crippen LogP contribution in [0.1, 0.15) is 64.9 Å². The Kier molecular flexibility index (Phi) is 11.0. The van der Waals surface area contributed by atoms with Crippen molar-refractivity contribution < 1.29 is 43.2 Å². The van der Waals surface area contributed by atoms with Gasteiger partial charge in [-0.05, 0) is 41.6 Å². The highest BCUT2D eigenvalue weighted by Crippen LogP contribution is 2.55. The molecule has 1 aliphatic carbocycles. The summed E-state index contributed by atoms with van der Waals surface area (Å²) < 4.78 is 27.8. The average Bonchev–Trinajstić information content (AvgIpc) is 3.76. The number of aromatic nitrogens is 3. The van der Waals surface area contributed by atoms with Crippen molar-refractivity contribution in [1.82, 2.24) is 20.5 Å². The van der Waals surface area contributed by atoms with E-state index in [0.717, 1.165) is 4.90 Å². The second kappa shape index (κ2) is 15.5. The molecule has 0 radical (unpaired) electrons. The van der Waals surface area contributed by atoms with E-state index in [9.17, 15) is 19.5 Å². The number of aromatic amines is 1. The van der Waals surface area contributed by atoms with Crippen LogP contribution in [0, 0.1) is 5.92 Å². The molecule has 1 aliphatic heterocycles. The number of thioether (sulfide) groups is 1. The average molecular weight is 763 g/mol. The smallest absolute Gasteiger partial charge is 0.231 e. The van der Waals surface area contributed by atoms with Crippen molar-refractivity contribution in [2.75, 3.05) is 34.7 Å². The highest BCUT2D eigenvalue weighted by atomic mass is 35.5. The summed E-state index contributed by atoms with van der Waals surface area (Å²) in [5.41, 5.74) is -0.884. The molecule has 0 bridgehead atoms. The normalized spacial score (nSPS) is 19.1. The Morgan fingerprint density at radius 2 is 1.74 bits per heavy atom. The number of allylic oxidation sites excluding steroid dienone is 1. The molecule has 4 aromatic rings. The number of H-pyrrole nitrogens is 1. The van der Waals surface area contributed by atoms with Crippen molar-refractivity contribution in [1.29, 1.82) is 0 Å². The third kappa shape index (κ3) is 6.82. The number of rotatable bonds is 13. The Morgan fingerprint density at radius 3 is 2.36 bits per heavy atom. The standard InChI is InChI=1S/C38H39ClN4O9S/c1-19-15-25(44)30(35(46)38(19)36(47)31-26(50-4)17-27(51-5)32(39)34(31)52-38)24(20-9-13-23(53-6)14-10-20)16-29(45)41-33(21-7-11-22(49-3)12-8-21)37-40-28(18-48-2)42-43-37/h7-14,17,19,24,33,46H,15-16,18H2,1-6H3,(H,41,45)(H,40,42,43). The third-order valence-electron chi connectivity index (χ3n) is 9.61. The lowest BCUT2D eigenvalue weighted by molar-refractivity contribution is -0.122. The lowest BCUT2D eigenvalue weighted by Crippen LogP contribution is -2.53. The Labute approximate surface area is 315 Å². The number of ether oxygens (including phenoxy) is 5. The molecule has 1 spiro atoms. The van der Waals surface area contributed by atoms with Gasteiger partial charge in [0.05, 0.1) is 21.3 Å². The SMILES string of the molecule is COCc1nc(C(NC(=O)CC(C2=C(O)C3(Oc4c(Cl)c(OC)cc(OC)c4C3=O)C(C)CC2=O)c2ccc(SC)cc2)c2ccc(OC)cc2)n[nH]1. The van der Waals surface area contributed by atoms with Gasteiger partial charge in [-0.1, -0.05) is 42.8 Å². The Bertz CT molecular complexity index is 2070. The molecular weight excluding hydrogens is 724 g/mol. The summed E-state index contributed by atoms with van der Waals surface area (Å²) in [6.07, 6.45) is 1.47. The number of methoxy groups -OCH3 is 4. The third-order valence-corrected chi connectivity index (χ3v) is 10.7. The molecule has 0 fully saturated rings. The van der Waals surface area contributed by atoms with Gasteiger partial charge in [0.25, 0.3) is 0 Å². The molecule has 13 nitrogen and oxygen atoms in total. The van der Waals surface area contributed by atoms with Crippen LogP contribution in [0.2, 0.25) is 5.02 Å². The van der Waals surface area contributed by atoms with Crippen LogP contribution in [0.5, 0.6) is 23.0 Å².